The highest BCUT2D eigenvalue weighted by atomic mass is 19.1. The number of esters is 2. The topological polar surface area (TPSA) is 111 Å². The fourth-order valence-corrected chi connectivity index (χ4v) is 2.62. The minimum atomic E-state index is -1.14. The Kier molecular flexibility index (Phi) is 9.07. The van der Waals surface area contributed by atoms with Crippen molar-refractivity contribution in [2.75, 3.05) is 14.2 Å². The molecule has 0 unspecified atom stereocenters. The van der Waals surface area contributed by atoms with Crippen LogP contribution in [0.3, 0.4) is 0 Å². The van der Waals surface area contributed by atoms with Gasteiger partial charge in [-0.25, -0.2) is 9.18 Å². The van der Waals surface area contributed by atoms with Crippen molar-refractivity contribution in [1.29, 1.82) is 0 Å². The van der Waals surface area contributed by atoms with Gasteiger partial charge in [0.1, 0.15) is 17.9 Å². The first kappa shape index (κ1) is 23.1. The van der Waals surface area contributed by atoms with Gasteiger partial charge in [-0.2, -0.15) is 0 Å². The Balaban J connectivity index is 3.00. The van der Waals surface area contributed by atoms with E-state index in [1.54, 1.807) is 13.0 Å². The fraction of sp³-hybridized carbons (Fsp3) is 0.474. The second kappa shape index (κ2) is 11.0. The lowest BCUT2D eigenvalue weighted by molar-refractivity contribution is -0.148. The maximum atomic E-state index is 13.9. The predicted molar refractivity (Wildman–Crippen MR) is 97.5 cm³/mol. The van der Waals surface area contributed by atoms with Crippen LogP contribution in [0.2, 0.25) is 0 Å². The molecule has 0 aliphatic rings. The maximum absolute atomic E-state index is 13.9. The number of carbonyl (C=O) groups is 4. The second-order valence-corrected chi connectivity index (χ2v) is 6.32. The highest BCUT2D eigenvalue weighted by Crippen LogP contribution is 2.13. The zero-order valence-corrected chi connectivity index (χ0v) is 16.3. The van der Waals surface area contributed by atoms with Crippen molar-refractivity contribution in [3.05, 3.63) is 35.6 Å². The molecular weight excluding hydrogens is 371 g/mol. The first-order chi connectivity index (χ1) is 13.2. The van der Waals surface area contributed by atoms with Gasteiger partial charge in [0.2, 0.25) is 11.8 Å². The van der Waals surface area contributed by atoms with Crippen LogP contribution < -0.4 is 10.6 Å². The smallest absolute Gasteiger partial charge is 0.328 e. The molecule has 0 radical (unpaired) electrons. The third-order valence-corrected chi connectivity index (χ3v) is 4.11. The molecule has 1 rings (SSSR count). The van der Waals surface area contributed by atoms with Gasteiger partial charge < -0.3 is 20.1 Å². The molecule has 0 spiro atoms. The fourth-order valence-electron chi connectivity index (χ4n) is 2.62. The van der Waals surface area contributed by atoms with E-state index in [1.165, 1.54) is 32.2 Å². The van der Waals surface area contributed by atoms with E-state index in [0.29, 0.717) is 0 Å². The average Bonchev–Trinajstić information content (AvgIpc) is 2.65. The van der Waals surface area contributed by atoms with Gasteiger partial charge in [-0.1, -0.05) is 25.1 Å². The Morgan fingerprint density at radius 3 is 2.25 bits per heavy atom. The summed E-state index contributed by atoms with van der Waals surface area (Å²) in [6.07, 6.45) is -0.244. The highest BCUT2D eigenvalue weighted by Gasteiger charge is 2.32. The Labute approximate surface area is 162 Å². The molecule has 2 amide bonds. The third kappa shape index (κ3) is 6.98. The molecule has 1 aromatic rings. The normalized spacial score (nSPS) is 13.6. The molecule has 0 saturated carbocycles. The summed E-state index contributed by atoms with van der Waals surface area (Å²) in [5.74, 6) is -3.65. The summed E-state index contributed by atoms with van der Waals surface area (Å²) < 4.78 is 23.2. The first-order valence-corrected chi connectivity index (χ1v) is 8.65. The molecule has 0 aliphatic carbocycles. The lowest BCUT2D eigenvalue weighted by Crippen LogP contribution is -2.54. The number of benzene rings is 1. The van der Waals surface area contributed by atoms with Crippen LogP contribution >= 0.6 is 0 Å². The van der Waals surface area contributed by atoms with Crippen LogP contribution in [0.4, 0.5) is 4.39 Å². The van der Waals surface area contributed by atoms with E-state index in [9.17, 15) is 23.6 Å². The molecule has 3 atom stereocenters. The number of nitrogens with one attached hydrogen (secondary N) is 2. The number of ether oxygens (including phenoxy) is 2. The molecule has 0 bridgehead atoms. The highest BCUT2D eigenvalue weighted by molar-refractivity contribution is 5.90. The van der Waals surface area contributed by atoms with Crippen molar-refractivity contribution in [1.82, 2.24) is 10.6 Å². The second-order valence-electron chi connectivity index (χ2n) is 6.32. The van der Waals surface area contributed by atoms with Crippen LogP contribution in [0.5, 0.6) is 0 Å². The van der Waals surface area contributed by atoms with Gasteiger partial charge in [0.25, 0.3) is 0 Å². The Morgan fingerprint density at radius 2 is 1.71 bits per heavy atom. The van der Waals surface area contributed by atoms with E-state index in [1.807, 2.05) is 0 Å². The molecule has 1 aromatic carbocycles. The molecule has 2 N–H and O–H groups in total. The van der Waals surface area contributed by atoms with E-state index in [0.717, 1.165) is 7.11 Å². The van der Waals surface area contributed by atoms with Crippen molar-refractivity contribution < 1.29 is 33.0 Å². The third-order valence-electron chi connectivity index (χ3n) is 4.11. The van der Waals surface area contributed by atoms with Gasteiger partial charge in [0.05, 0.1) is 20.6 Å². The number of amides is 2. The van der Waals surface area contributed by atoms with Gasteiger partial charge in [0, 0.05) is 13.3 Å². The predicted octanol–water partition coefficient (Wildman–Crippen LogP) is 0.730. The molecule has 0 saturated heterocycles. The number of methoxy groups -OCH3 is 2. The molecule has 0 fully saturated rings. The van der Waals surface area contributed by atoms with Gasteiger partial charge >= 0.3 is 11.9 Å². The van der Waals surface area contributed by atoms with Crippen LogP contribution in [-0.2, 0) is 35.1 Å². The first-order valence-electron chi connectivity index (χ1n) is 8.65. The average molecular weight is 396 g/mol. The minimum absolute atomic E-state index is 0.114. The monoisotopic (exact) mass is 396 g/mol. The lowest BCUT2D eigenvalue weighted by atomic mass is 9.97. The summed E-state index contributed by atoms with van der Waals surface area (Å²) in [6, 6.07) is 3.59. The molecule has 154 valence electrons. The lowest BCUT2D eigenvalue weighted by Gasteiger charge is -2.25. The largest absolute Gasteiger partial charge is 0.469 e. The molecule has 0 heterocycles. The number of hydrogen-bond donors (Lipinski definition) is 2. The SMILES string of the molecule is COC(=O)C[C@H](C)[C@H](NC(=O)[C@H](Cc1ccccc1F)NC(C)=O)C(=O)OC. The Morgan fingerprint density at radius 1 is 1.07 bits per heavy atom. The van der Waals surface area contributed by atoms with E-state index in [2.05, 4.69) is 15.4 Å². The van der Waals surface area contributed by atoms with Crippen LogP contribution in [0, 0.1) is 11.7 Å². The van der Waals surface area contributed by atoms with Crippen LogP contribution in [0.15, 0.2) is 24.3 Å². The summed E-state index contributed by atoms with van der Waals surface area (Å²) in [4.78, 5) is 47.8. The van der Waals surface area contributed by atoms with E-state index in [-0.39, 0.29) is 18.4 Å². The van der Waals surface area contributed by atoms with Crippen LogP contribution in [0.25, 0.3) is 0 Å². The van der Waals surface area contributed by atoms with Gasteiger partial charge in [-0.15, -0.1) is 0 Å². The van der Waals surface area contributed by atoms with Crippen molar-refractivity contribution in [3.8, 4) is 0 Å². The van der Waals surface area contributed by atoms with E-state index >= 15 is 0 Å². The molecule has 8 nitrogen and oxygen atoms in total. The van der Waals surface area contributed by atoms with Gasteiger partial charge in [-0.05, 0) is 17.5 Å². The van der Waals surface area contributed by atoms with E-state index < -0.39 is 47.6 Å². The van der Waals surface area contributed by atoms with Crippen molar-refractivity contribution >= 4 is 23.8 Å². The summed E-state index contributed by atoms with van der Waals surface area (Å²) in [5, 5.41) is 4.93. The molecule has 0 aliphatic heterocycles. The summed E-state index contributed by atoms with van der Waals surface area (Å²) in [7, 11) is 2.36. The number of rotatable bonds is 9. The van der Waals surface area contributed by atoms with Crippen molar-refractivity contribution in [3.63, 3.8) is 0 Å². The van der Waals surface area contributed by atoms with Gasteiger partial charge in [-0.3, -0.25) is 14.4 Å². The number of halogens is 1. The number of hydrogen-bond acceptors (Lipinski definition) is 6. The maximum Gasteiger partial charge on any atom is 0.328 e. The summed E-state index contributed by atoms with van der Waals surface area (Å²) >= 11 is 0. The van der Waals surface area contributed by atoms with E-state index in [4.69, 9.17) is 4.74 Å². The molecule has 0 aromatic heterocycles. The van der Waals surface area contributed by atoms with Crippen LogP contribution in [-0.4, -0.2) is 50.1 Å². The zero-order valence-electron chi connectivity index (χ0n) is 16.3. The molecule has 28 heavy (non-hydrogen) atoms. The van der Waals surface area contributed by atoms with Crippen molar-refractivity contribution in [2.24, 2.45) is 5.92 Å². The minimum Gasteiger partial charge on any atom is -0.469 e. The summed E-state index contributed by atoms with van der Waals surface area (Å²) in [6.45, 7) is 2.79. The Bertz CT molecular complexity index is 724. The molecular formula is C19H25FN2O6. The van der Waals surface area contributed by atoms with Gasteiger partial charge in [0.15, 0.2) is 0 Å². The Hall–Kier alpha value is -2.97. The molecule has 9 heteroatoms. The quantitative estimate of drug-likeness (QED) is 0.596. The summed E-state index contributed by atoms with van der Waals surface area (Å²) in [5.41, 5.74) is 0.230. The zero-order chi connectivity index (χ0) is 21.3. The number of carbonyl (C=O) groups excluding carboxylic acids is 4. The van der Waals surface area contributed by atoms with Crippen molar-refractivity contribution in [2.45, 2.75) is 38.8 Å². The van der Waals surface area contributed by atoms with Crippen LogP contribution in [0.1, 0.15) is 25.8 Å². The standard InChI is InChI=1S/C19H25FN2O6/c1-11(9-16(24)27-3)17(19(26)28-4)22-18(25)15(21-12(2)23)10-13-7-5-6-8-14(13)20/h5-8,11,15,17H,9-10H2,1-4H3,(H,21,23)(H,22,25)/t11-,15-,17-/m0/s1.